The van der Waals surface area contributed by atoms with Gasteiger partial charge < -0.3 is 10.1 Å². The maximum Gasteiger partial charge on any atom is 0.264 e. The van der Waals surface area contributed by atoms with Gasteiger partial charge in [-0.3, -0.25) is 9.10 Å². The molecule has 1 aliphatic rings. The van der Waals surface area contributed by atoms with E-state index < -0.39 is 28.3 Å². The van der Waals surface area contributed by atoms with E-state index in [1.54, 1.807) is 12.1 Å². The Hall–Kier alpha value is -2.87. The lowest BCUT2D eigenvalue weighted by Crippen LogP contribution is -2.41. The average Bonchev–Trinajstić information content (AvgIpc) is 2.78. The molecule has 0 aliphatic heterocycles. The summed E-state index contributed by atoms with van der Waals surface area (Å²) >= 11 is 0. The second kappa shape index (κ2) is 10.4. The SMILES string of the molecule is CCOc1ccc(S(=O)(=O)N(CC(=O)NCC2=CCCCC2)c2ccc(F)cc2)cc1. The molecule has 1 aliphatic carbocycles. The van der Waals surface area contributed by atoms with Crippen molar-refractivity contribution in [2.24, 2.45) is 0 Å². The Morgan fingerprint density at radius 1 is 1.10 bits per heavy atom. The van der Waals surface area contributed by atoms with Crippen LogP contribution < -0.4 is 14.4 Å². The van der Waals surface area contributed by atoms with Crippen LogP contribution in [0.4, 0.5) is 10.1 Å². The van der Waals surface area contributed by atoms with E-state index in [4.69, 9.17) is 4.74 Å². The molecule has 6 nitrogen and oxygen atoms in total. The summed E-state index contributed by atoms with van der Waals surface area (Å²) < 4.78 is 46.4. The number of allylic oxidation sites excluding steroid dienone is 1. The van der Waals surface area contributed by atoms with E-state index in [-0.39, 0.29) is 10.6 Å². The molecule has 0 fully saturated rings. The van der Waals surface area contributed by atoms with E-state index in [0.29, 0.717) is 18.9 Å². The van der Waals surface area contributed by atoms with Crippen molar-refractivity contribution >= 4 is 21.6 Å². The average molecular weight is 447 g/mol. The second-order valence-electron chi connectivity index (χ2n) is 7.28. The van der Waals surface area contributed by atoms with E-state index in [0.717, 1.165) is 35.6 Å². The summed E-state index contributed by atoms with van der Waals surface area (Å²) in [6, 6.07) is 11.0. The number of anilines is 1. The largest absolute Gasteiger partial charge is 0.494 e. The highest BCUT2D eigenvalue weighted by atomic mass is 32.2. The second-order valence-corrected chi connectivity index (χ2v) is 9.14. The van der Waals surface area contributed by atoms with Gasteiger partial charge in [0.25, 0.3) is 10.0 Å². The van der Waals surface area contributed by atoms with Gasteiger partial charge in [-0.2, -0.15) is 0 Å². The molecule has 2 aromatic rings. The number of amides is 1. The number of hydrogen-bond donors (Lipinski definition) is 1. The summed E-state index contributed by atoms with van der Waals surface area (Å²) in [5, 5.41) is 2.81. The van der Waals surface area contributed by atoms with E-state index in [1.807, 2.05) is 6.92 Å². The van der Waals surface area contributed by atoms with E-state index in [2.05, 4.69) is 11.4 Å². The molecule has 166 valence electrons. The number of sulfonamides is 1. The van der Waals surface area contributed by atoms with Crippen LogP contribution in [0.3, 0.4) is 0 Å². The third-order valence-electron chi connectivity index (χ3n) is 5.02. The number of hydrogen-bond acceptors (Lipinski definition) is 4. The molecule has 0 saturated heterocycles. The number of carbonyl (C=O) groups is 1. The zero-order valence-electron chi connectivity index (χ0n) is 17.5. The Morgan fingerprint density at radius 3 is 2.42 bits per heavy atom. The van der Waals surface area contributed by atoms with Gasteiger partial charge in [0.1, 0.15) is 18.1 Å². The van der Waals surface area contributed by atoms with Crippen LogP contribution in [0, 0.1) is 5.82 Å². The molecule has 0 bridgehead atoms. The number of nitrogens with zero attached hydrogens (tertiary/aromatic N) is 1. The molecule has 0 radical (unpaired) electrons. The first-order chi connectivity index (χ1) is 14.9. The van der Waals surface area contributed by atoms with Crippen LogP contribution in [0.2, 0.25) is 0 Å². The molecule has 1 N–H and O–H groups in total. The van der Waals surface area contributed by atoms with Crippen molar-refractivity contribution in [3.05, 3.63) is 66.0 Å². The first kappa shape index (κ1) is 22.8. The molecule has 8 heteroatoms. The summed E-state index contributed by atoms with van der Waals surface area (Å²) in [5.74, 6) is -0.366. The molecule has 0 atom stereocenters. The lowest BCUT2D eigenvalue weighted by Gasteiger charge is -2.24. The zero-order chi connectivity index (χ0) is 22.3. The van der Waals surface area contributed by atoms with Crippen molar-refractivity contribution in [3.63, 3.8) is 0 Å². The van der Waals surface area contributed by atoms with Gasteiger partial charge in [-0.15, -0.1) is 0 Å². The number of rotatable bonds is 9. The molecule has 0 spiro atoms. The Morgan fingerprint density at radius 2 is 1.81 bits per heavy atom. The van der Waals surface area contributed by atoms with E-state index in [1.165, 1.54) is 36.4 Å². The monoisotopic (exact) mass is 446 g/mol. The van der Waals surface area contributed by atoms with Gasteiger partial charge in [0.05, 0.1) is 17.2 Å². The molecule has 2 aromatic carbocycles. The highest BCUT2D eigenvalue weighted by Gasteiger charge is 2.27. The van der Waals surface area contributed by atoms with Gasteiger partial charge in [0.15, 0.2) is 0 Å². The van der Waals surface area contributed by atoms with E-state index >= 15 is 0 Å². The van der Waals surface area contributed by atoms with Gasteiger partial charge >= 0.3 is 0 Å². The summed E-state index contributed by atoms with van der Waals surface area (Å²) in [5.41, 5.74) is 1.37. The Labute approximate surface area is 182 Å². The van der Waals surface area contributed by atoms with Crippen LogP contribution in [0.1, 0.15) is 32.6 Å². The molecule has 1 amide bonds. The minimum absolute atomic E-state index is 0.0167. The van der Waals surface area contributed by atoms with Gasteiger partial charge in [0, 0.05) is 6.54 Å². The number of ether oxygens (including phenoxy) is 1. The van der Waals surface area contributed by atoms with Crippen molar-refractivity contribution in [3.8, 4) is 5.75 Å². The Bertz CT molecular complexity index is 1020. The van der Waals surface area contributed by atoms with Crippen molar-refractivity contribution in [2.45, 2.75) is 37.5 Å². The van der Waals surface area contributed by atoms with Crippen LogP contribution in [-0.4, -0.2) is 34.0 Å². The van der Waals surface area contributed by atoms with Crippen LogP contribution >= 0.6 is 0 Å². The first-order valence-corrected chi connectivity index (χ1v) is 11.8. The van der Waals surface area contributed by atoms with Crippen molar-refractivity contribution in [1.29, 1.82) is 0 Å². The fourth-order valence-corrected chi connectivity index (χ4v) is 4.81. The molecule has 0 heterocycles. The molecule has 0 saturated carbocycles. The molecule has 3 rings (SSSR count). The number of nitrogens with one attached hydrogen (secondary N) is 1. The predicted octanol–water partition coefficient (Wildman–Crippen LogP) is 4.04. The Balaban J connectivity index is 1.82. The summed E-state index contributed by atoms with van der Waals surface area (Å²) in [7, 11) is -4.06. The van der Waals surface area contributed by atoms with Gasteiger partial charge in [0.2, 0.25) is 5.91 Å². The van der Waals surface area contributed by atoms with E-state index in [9.17, 15) is 17.6 Å². The van der Waals surface area contributed by atoms with Gasteiger partial charge in [-0.05, 0) is 81.1 Å². The van der Waals surface area contributed by atoms with Crippen molar-refractivity contribution in [1.82, 2.24) is 5.32 Å². The topological polar surface area (TPSA) is 75.7 Å². The van der Waals surface area contributed by atoms with Crippen molar-refractivity contribution < 1.29 is 22.3 Å². The van der Waals surface area contributed by atoms with Crippen LogP contribution in [-0.2, 0) is 14.8 Å². The normalized spacial score (nSPS) is 13.9. The van der Waals surface area contributed by atoms with Crippen LogP contribution in [0.25, 0.3) is 0 Å². The molecular weight excluding hydrogens is 419 g/mol. The third-order valence-corrected chi connectivity index (χ3v) is 6.81. The predicted molar refractivity (Wildman–Crippen MR) is 118 cm³/mol. The summed E-state index contributed by atoms with van der Waals surface area (Å²) in [6.07, 6.45) is 6.30. The van der Waals surface area contributed by atoms with Crippen molar-refractivity contribution in [2.75, 3.05) is 24.0 Å². The zero-order valence-corrected chi connectivity index (χ0v) is 18.3. The highest BCUT2D eigenvalue weighted by Crippen LogP contribution is 2.25. The third kappa shape index (κ3) is 6.07. The summed E-state index contributed by atoms with van der Waals surface area (Å²) in [6.45, 7) is 2.29. The molecule has 0 unspecified atom stereocenters. The highest BCUT2D eigenvalue weighted by molar-refractivity contribution is 7.92. The standard InChI is InChI=1S/C23H27FN2O4S/c1-2-30-21-12-14-22(15-13-21)31(28,29)26(20-10-8-19(24)9-11-20)17-23(27)25-16-18-6-4-3-5-7-18/h6,8-15H,2-5,7,16-17H2,1H3,(H,25,27). The maximum absolute atomic E-state index is 13.4. The minimum Gasteiger partial charge on any atom is -0.494 e. The fraction of sp³-hybridized carbons (Fsp3) is 0.348. The number of halogens is 1. The van der Waals surface area contributed by atoms with Gasteiger partial charge in [-0.1, -0.05) is 11.6 Å². The van der Waals surface area contributed by atoms with Crippen LogP contribution in [0.5, 0.6) is 5.75 Å². The molecule has 31 heavy (non-hydrogen) atoms. The molecule has 0 aromatic heterocycles. The lowest BCUT2D eigenvalue weighted by atomic mass is 10.00. The lowest BCUT2D eigenvalue weighted by molar-refractivity contribution is -0.119. The number of benzene rings is 2. The van der Waals surface area contributed by atoms with Gasteiger partial charge in [-0.25, -0.2) is 12.8 Å². The smallest absolute Gasteiger partial charge is 0.264 e. The summed E-state index contributed by atoms with van der Waals surface area (Å²) in [4.78, 5) is 12.6. The first-order valence-electron chi connectivity index (χ1n) is 10.4. The Kier molecular flexibility index (Phi) is 7.68. The molecular formula is C23H27FN2O4S. The fourth-order valence-electron chi connectivity index (χ4n) is 3.39. The maximum atomic E-state index is 13.4. The van der Waals surface area contributed by atoms with Crippen LogP contribution in [0.15, 0.2) is 65.1 Å². The minimum atomic E-state index is -4.06. The quantitative estimate of drug-likeness (QED) is 0.590. The number of carbonyl (C=O) groups excluding carboxylic acids is 1.